The Morgan fingerprint density at radius 3 is 2.47 bits per heavy atom. The Morgan fingerprint density at radius 1 is 1.20 bits per heavy atom. The van der Waals surface area contributed by atoms with Gasteiger partial charge in [0.05, 0.1) is 0 Å². The van der Waals surface area contributed by atoms with Gasteiger partial charge in [-0.3, -0.25) is 0 Å². The number of rotatable bonds is 9. The molecule has 0 aromatic heterocycles. The minimum atomic E-state index is 0.103. The van der Waals surface area contributed by atoms with Crippen molar-refractivity contribution in [1.82, 2.24) is 5.43 Å². The van der Waals surface area contributed by atoms with E-state index in [-0.39, 0.29) is 5.54 Å². The van der Waals surface area contributed by atoms with Gasteiger partial charge in [-0.05, 0) is 26.3 Å². The Kier molecular flexibility index (Phi) is 8.06. The van der Waals surface area contributed by atoms with Crippen LogP contribution in [0.15, 0.2) is 17.8 Å². The van der Waals surface area contributed by atoms with Crippen LogP contribution in [0.2, 0.25) is 0 Å². The molecule has 0 saturated carbocycles. The molecule has 0 unspecified atom stereocenters. The summed E-state index contributed by atoms with van der Waals surface area (Å²) in [4.78, 5) is 0. The summed E-state index contributed by atoms with van der Waals surface area (Å²) in [6.07, 6.45) is 11.2. The van der Waals surface area contributed by atoms with Crippen LogP contribution < -0.4 is 5.43 Å². The van der Waals surface area contributed by atoms with E-state index < -0.39 is 0 Å². The number of hydrogen-bond acceptors (Lipinski definition) is 2. The second kappa shape index (κ2) is 8.51. The first-order valence-corrected chi connectivity index (χ1v) is 6.03. The third-order valence-corrected chi connectivity index (χ3v) is 2.45. The second-order valence-electron chi connectivity index (χ2n) is 4.67. The van der Waals surface area contributed by atoms with Gasteiger partial charge in [0.2, 0.25) is 0 Å². The molecule has 88 valence electrons. The van der Waals surface area contributed by atoms with Gasteiger partial charge in [0.25, 0.3) is 0 Å². The van der Waals surface area contributed by atoms with Crippen LogP contribution >= 0.6 is 0 Å². The quantitative estimate of drug-likeness (QED) is 0.348. The normalized spacial score (nSPS) is 11.9. The van der Waals surface area contributed by atoms with Gasteiger partial charge in [-0.1, -0.05) is 45.6 Å². The van der Waals surface area contributed by atoms with Crippen LogP contribution in [-0.4, -0.2) is 11.8 Å². The molecule has 0 spiro atoms. The Balaban J connectivity index is 3.54. The average Bonchev–Trinajstić information content (AvgIpc) is 2.17. The van der Waals surface area contributed by atoms with Gasteiger partial charge in [-0.25, -0.2) is 0 Å². The standard InChI is InChI=1S/C13H26N2/c1-5-7-8-9-10-11-13(3,4)15-14-12-6-2/h6,12,15H,2,5,7-11H2,1,3-4H3. The van der Waals surface area contributed by atoms with E-state index in [0.717, 1.165) is 0 Å². The summed E-state index contributed by atoms with van der Waals surface area (Å²) in [6, 6.07) is 0. The Morgan fingerprint density at radius 2 is 1.87 bits per heavy atom. The summed E-state index contributed by atoms with van der Waals surface area (Å²) >= 11 is 0. The topological polar surface area (TPSA) is 24.4 Å². The lowest BCUT2D eigenvalue weighted by Crippen LogP contribution is -2.35. The van der Waals surface area contributed by atoms with Crippen LogP contribution in [0, 0.1) is 0 Å². The molecule has 0 bridgehead atoms. The predicted molar refractivity (Wildman–Crippen MR) is 69.3 cm³/mol. The molecular weight excluding hydrogens is 184 g/mol. The summed E-state index contributed by atoms with van der Waals surface area (Å²) in [5.74, 6) is 0. The number of unbranched alkanes of at least 4 members (excludes halogenated alkanes) is 4. The summed E-state index contributed by atoms with van der Waals surface area (Å²) in [5.41, 5.74) is 3.25. The van der Waals surface area contributed by atoms with Gasteiger partial charge in [0.1, 0.15) is 0 Å². The maximum atomic E-state index is 4.08. The summed E-state index contributed by atoms with van der Waals surface area (Å²) in [5, 5.41) is 4.08. The minimum Gasteiger partial charge on any atom is -0.305 e. The molecule has 15 heavy (non-hydrogen) atoms. The van der Waals surface area contributed by atoms with E-state index in [2.05, 4.69) is 37.9 Å². The molecule has 0 aliphatic heterocycles. The number of nitrogens with one attached hydrogen (secondary N) is 1. The van der Waals surface area contributed by atoms with E-state index in [1.807, 2.05) is 0 Å². The van der Waals surface area contributed by atoms with Crippen molar-refractivity contribution in [2.75, 3.05) is 0 Å². The largest absolute Gasteiger partial charge is 0.305 e. The first-order valence-electron chi connectivity index (χ1n) is 6.03. The number of hydrogen-bond donors (Lipinski definition) is 1. The molecule has 0 atom stereocenters. The highest BCUT2D eigenvalue weighted by Crippen LogP contribution is 2.14. The van der Waals surface area contributed by atoms with Gasteiger partial charge in [0, 0.05) is 11.8 Å². The molecule has 0 saturated heterocycles. The molecule has 0 aliphatic rings. The molecule has 1 N–H and O–H groups in total. The van der Waals surface area contributed by atoms with Gasteiger partial charge in [-0.15, -0.1) is 0 Å². The molecule has 0 radical (unpaired) electrons. The highest BCUT2D eigenvalue weighted by molar-refractivity contribution is 5.69. The zero-order valence-electron chi connectivity index (χ0n) is 10.6. The van der Waals surface area contributed by atoms with Crippen LogP contribution in [-0.2, 0) is 0 Å². The van der Waals surface area contributed by atoms with E-state index >= 15 is 0 Å². The van der Waals surface area contributed by atoms with E-state index in [1.54, 1.807) is 12.3 Å². The number of hydrazone groups is 1. The van der Waals surface area contributed by atoms with Crippen molar-refractivity contribution >= 4 is 6.21 Å². The first-order chi connectivity index (χ1) is 7.12. The lowest BCUT2D eigenvalue weighted by Gasteiger charge is -2.23. The fourth-order valence-electron chi connectivity index (χ4n) is 1.49. The lowest BCUT2D eigenvalue weighted by atomic mass is 9.97. The molecule has 2 heteroatoms. The van der Waals surface area contributed by atoms with Crippen molar-refractivity contribution in [1.29, 1.82) is 0 Å². The van der Waals surface area contributed by atoms with Crippen molar-refractivity contribution in [2.45, 2.75) is 64.8 Å². The van der Waals surface area contributed by atoms with Crippen molar-refractivity contribution in [3.05, 3.63) is 12.7 Å². The van der Waals surface area contributed by atoms with E-state index in [9.17, 15) is 0 Å². The van der Waals surface area contributed by atoms with Gasteiger partial charge < -0.3 is 5.43 Å². The van der Waals surface area contributed by atoms with Gasteiger partial charge >= 0.3 is 0 Å². The Labute approximate surface area is 94.8 Å². The Bertz CT molecular complexity index is 183. The second-order valence-corrected chi connectivity index (χ2v) is 4.67. The Hall–Kier alpha value is -0.790. The maximum absolute atomic E-state index is 4.08. The van der Waals surface area contributed by atoms with Crippen LogP contribution in [0.3, 0.4) is 0 Å². The van der Waals surface area contributed by atoms with E-state index in [1.165, 1.54) is 38.5 Å². The molecule has 0 amide bonds. The minimum absolute atomic E-state index is 0.103. The zero-order valence-corrected chi connectivity index (χ0v) is 10.6. The fourth-order valence-corrected chi connectivity index (χ4v) is 1.49. The number of allylic oxidation sites excluding steroid dienone is 1. The number of nitrogens with zero attached hydrogens (tertiary/aromatic N) is 1. The van der Waals surface area contributed by atoms with Crippen LogP contribution in [0.5, 0.6) is 0 Å². The average molecular weight is 210 g/mol. The zero-order chi connectivity index (χ0) is 11.6. The summed E-state index contributed by atoms with van der Waals surface area (Å²) in [6.45, 7) is 10.2. The highest BCUT2D eigenvalue weighted by atomic mass is 15.3. The monoisotopic (exact) mass is 210 g/mol. The molecule has 0 rings (SSSR count). The third-order valence-electron chi connectivity index (χ3n) is 2.45. The van der Waals surface area contributed by atoms with E-state index in [4.69, 9.17) is 0 Å². The van der Waals surface area contributed by atoms with Gasteiger partial charge in [0.15, 0.2) is 0 Å². The fraction of sp³-hybridized carbons (Fsp3) is 0.769. The van der Waals surface area contributed by atoms with Gasteiger partial charge in [-0.2, -0.15) is 5.10 Å². The maximum Gasteiger partial charge on any atom is 0.0492 e. The van der Waals surface area contributed by atoms with Crippen LogP contribution in [0.4, 0.5) is 0 Å². The molecule has 2 nitrogen and oxygen atoms in total. The highest BCUT2D eigenvalue weighted by Gasteiger charge is 2.14. The predicted octanol–water partition coefficient (Wildman–Crippen LogP) is 3.89. The smallest absolute Gasteiger partial charge is 0.0492 e. The molecule has 0 fully saturated rings. The van der Waals surface area contributed by atoms with Crippen molar-refractivity contribution in [3.8, 4) is 0 Å². The molecule has 0 heterocycles. The SMILES string of the molecule is C=CC=NNC(C)(C)CCCCCCC. The van der Waals surface area contributed by atoms with E-state index in [0.29, 0.717) is 0 Å². The summed E-state index contributed by atoms with van der Waals surface area (Å²) in [7, 11) is 0. The molecule has 0 aromatic carbocycles. The van der Waals surface area contributed by atoms with Crippen molar-refractivity contribution < 1.29 is 0 Å². The van der Waals surface area contributed by atoms with Crippen molar-refractivity contribution in [3.63, 3.8) is 0 Å². The molecule has 0 aliphatic carbocycles. The molecule has 0 aromatic rings. The van der Waals surface area contributed by atoms with Crippen LogP contribution in [0.25, 0.3) is 0 Å². The molecular formula is C13H26N2. The lowest BCUT2D eigenvalue weighted by molar-refractivity contribution is 0.356. The first kappa shape index (κ1) is 14.2. The van der Waals surface area contributed by atoms with Crippen LogP contribution in [0.1, 0.15) is 59.3 Å². The third kappa shape index (κ3) is 9.51. The summed E-state index contributed by atoms with van der Waals surface area (Å²) < 4.78 is 0. The van der Waals surface area contributed by atoms with Crippen molar-refractivity contribution in [2.24, 2.45) is 5.10 Å².